The zero-order chi connectivity index (χ0) is 15.4. The Kier molecular flexibility index (Phi) is 4.15. The number of hydrogen-bond acceptors (Lipinski definition) is 1. The highest BCUT2D eigenvalue weighted by Crippen LogP contribution is 2.26. The van der Waals surface area contributed by atoms with Crippen LogP contribution in [0.5, 0.6) is 0 Å². The van der Waals surface area contributed by atoms with Crippen molar-refractivity contribution in [3.63, 3.8) is 0 Å². The highest BCUT2D eigenvalue weighted by atomic mass is 14.7. The summed E-state index contributed by atoms with van der Waals surface area (Å²) in [5, 5.41) is 0. The molecule has 108 valence electrons. The van der Waals surface area contributed by atoms with Crippen LogP contribution in [0.25, 0.3) is 23.4 Å². The molecule has 1 nitrogen and oxygen atoms in total. The number of pyridine rings is 1. The largest absolute Gasteiger partial charge is 0.256 e. The lowest BCUT2D eigenvalue weighted by Crippen LogP contribution is -1.89. The van der Waals surface area contributed by atoms with Gasteiger partial charge in [0.05, 0.1) is 5.69 Å². The maximum Gasteiger partial charge on any atom is 0.0737 e. The fourth-order valence-electron chi connectivity index (χ4n) is 2.49. The van der Waals surface area contributed by atoms with Crippen molar-refractivity contribution in [2.75, 3.05) is 0 Å². The summed E-state index contributed by atoms with van der Waals surface area (Å²) in [7, 11) is 0. The summed E-state index contributed by atoms with van der Waals surface area (Å²) in [6.45, 7) is 4.20. The van der Waals surface area contributed by atoms with Gasteiger partial charge in [-0.25, -0.2) is 0 Å². The Morgan fingerprint density at radius 2 is 1.55 bits per heavy atom. The summed E-state index contributed by atoms with van der Waals surface area (Å²) in [5.41, 5.74) is 7.08. The van der Waals surface area contributed by atoms with Crippen LogP contribution in [0.2, 0.25) is 0 Å². The number of hydrogen-bond donors (Lipinski definition) is 0. The van der Waals surface area contributed by atoms with E-state index in [4.69, 9.17) is 0 Å². The van der Waals surface area contributed by atoms with E-state index in [0.29, 0.717) is 0 Å². The molecule has 0 unspecified atom stereocenters. The molecule has 0 saturated heterocycles. The third-order valence-corrected chi connectivity index (χ3v) is 3.76. The lowest BCUT2D eigenvalue weighted by molar-refractivity contribution is 1.27. The van der Waals surface area contributed by atoms with E-state index in [0.717, 1.165) is 5.69 Å². The van der Waals surface area contributed by atoms with Gasteiger partial charge in [0.1, 0.15) is 0 Å². The SMILES string of the molecule is Cc1ccc(/C=C/c2ccccc2-c2ncccc2C)cc1. The smallest absolute Gasteiger partial charge is 0.0737 e. The normalized spacial score (nSPS) is 11.0. The Balaban J connectivity index is 1.98. The van der Waals surface area contributed by atoms with E-state index < -0.39 is 0 Å². The van der Waals surface area contributed by atoms with Crippen molar-refractivity contribution in [3.8, 4) is 11.3 Å². The molecule has 0 N–H and O–H groups in total. The van der Waals surface area contributed by atoms with Crippen molar-refractivity contribution in [2.45, 2.75) is 13.8 Å². The van der Waals surface area contributed by atoms with E-state index in [-0.39, 0.29) is 0 Å². The van der Waals surface area contributed by atoms with Crippen LogP contribution < -0.4 is 0 Å². The summed E-state index contributed by atoms with van der Waals surface area (Å²) >= 11 is 0. The van der Waals surface area contributed by atoms with Crippen LogP contribution in [0.4, 0.5) is 0 Å². The van der Waals surface area contributed by atoms with Crippen LogP contribution in [0.1, 0.15) is 22.3 Å². The van der Waals surface area contributed by atoms with Crippen molar-refractivity contribution in [1.82, 2.24) is 4.98 Å². The van der Waals surface area contributed by atoms with Gasteiger partial charge in [-0.05, 0) is 36.6 Å². The fourth-order valence-corrected chi connectivity index (χ4v) is 2.49. The van der Waals surface area contributed by atoms with Gasteiger partial charge in [0.15, 0.2) is 0 Å². The molecular weight excluding hydrogens is 266 g/mol. The van der Waals surface area contributed by atoms with E-state index in [1.165, 1.54) is 27.8 Å². The van der Waals surface area contributed by atoms with E-state index in [1.807, 2.05) is 12.3 Å². The maximum atomic E-state index is 4.54. The van der Waals surface area contributed by atoms with Gasteiger partial charge in [-0.1, -0.05) is 72.3 Å². The minimum Gasteiger partial charge on any atom is -0.256 e. The summed E-state index contributed by atoms with van der Waals surface area (Å²) in [6.07, 6.45) is 6.16. The van der Waals surface area contributed by atoms with Crippen molar-refractivity contribution in [2.24, 2.45) is 0 Å². The molecule has 1 heteroatoms. The molecule has 3 rings (SSSR count). The highest BCUT2D eigenvalue weighted by molar-refractivity contribution is 5.80. The van der Waals surface area contributed by atoms with Gasteiger partial charge in [0.2, 0.25) is 0 Å². The van der Waals surface area contributed by atoms with Crippen LogP contribution in [0.3, 0.4) is 0 Å². The quantitative estimate of drug-likeness (QED) is 0.576. The van der Waals surface area contributed by atoms with Crippen molar-refractivity contribution < 1.29 is 0 Å². The fraction of sp³-hybridized carbons (Fsp3) is 0.0952. The average molecular weight is 285 g/mol. The van der Waals surface area contributed by atoms with Crippen LogP contribution in [-0.4, -0.2) is 4.98 Å². The Morgan fingerprint density at radius 1 is 0.773 bits per heavy atom. The molecule has 0 amide bonds. The lowest BCUT2D eigenvalue weighted by atomic mass is 10.00. The van der Waals surface area contributed by atoms with E-state index >= 15 is 0 Å². The molecule has 0 aliphatic carbocycles. The minimum atomic E-state index is 1.05. The van der Waals surface area contributed by atoms with E-state index in [1.54, 1.807) is 0 Å². The third kappa shape index (κ3) is 3.15. The molecule has 0 aliphatic heterocycles. The number of benzene rings is 2. The van der Waals surface area contributed by atoms with Crippen LogP contribution in [0, 0.1) is 13.8 Å². The molecule has 0 fully saturated rings. The van der Waals surface area contributed by atoms with Gasteiger partial charge in [0.25, 0.3) is 0 Å². The van der Waals surface area contributed by atoms with Crippen molar-refractivity contribution in [3.05, 3.63) is 89.1 Å². The topological polar surface area (TPSA) is 12.9 Å². The Hall–Kier alpha value is -2.67. The van der Waals surface area contributed by atoms with E-state index in [2.05, 4.69) is 85.6 Å². The van der Waals surface area contributed by atoms with Gasteiger partial charge in [-0.3, -0.25) is 4.98 Å². The second-order valence-electron chi connectivity index (χ2n) is 5.50. The Labute approximate surface area is 132 Å². The molecule has 0 saturated carbocycles. The number of aromatic nitrogens is 1. The predicted molar refractivity (Wildman–Crippen MR) is 94.5 cm³/mol. The van der Waals surface area contributed by atoms with Crippen LogP contribution >= 0.6 is 0 Å². The zero-order valence-electron chi connectivity index (χ0n) is 13.0. The minimum absolute atomic E-state index is 1.05. The van der Waals surface area contributed by atoms with Gasteiger partial charge in [-0.2, -0.15) is 0 Å². The Morgan fingerprint density at radius 3 is 2.32 bits per heavy atom. The molecule has 0 atom stereocenters. The first kappa shape index (κ1) is 14.3. The second kappa shape index (κ2) is 6.40. The van der Waals surface area contributed by atoms with Crippen LogP contribution in [-0.2, 0) is 0 Å². The van der Waals surface area contributed by atoms with Gasteiger partial charge >= 0.3 is 0 Å². The molecule has 0 bridgehead atoms. The molecule has 1 aromatic heterocycles. The van der Waals surface area contributed by atoms with Crippen LogP contribution in [0.15, 0.2) is 66.9 Å². The molecule has 2 aromatic carbocycles. The maximum absolute atomic E-state index is 4.54. The van der Waals surface area contributed by atoms with Crippen molar-refractivity contribution >= 4 is 12.2 Å². The van der Waals surface area contributed by atoms with Crippen molar-refractivity contribution in [1.29, 1.82) is 0 Å². The highest BCUT2D eigenvalue weighted by Gasteiger charge is 2.05. The average Bonchev–Trinajstić information content (AvgIpc) is 2.55. The number of nitrogens with zero attached hydrogens (tertiary/aromatic N) is 1. The summed E-state index contributed by atoms with van der Waals surface area (Å²) in [5.74, 6) is 0. The number of aryl methyl sites for hydroxylation is 2. The van der Waals surface area contributed by atoms with E-state index in [9.17, 15) is 0 Å². The molecule has 1 heterocycles. The van der Waals surface area contributed by atoms with Gasteiger partial charge < -0.3 is 0 Å². The molecule has 3 aromatic rings. The molecule has 22 heavy (non-hydrogen) atoms. The molecule has 0 radical (unpaired) electrons. The summed E-state index contributed by atoms with van der Waals surface area (Å²) in [4.78, 5) is 4.54. The first-order chi connectivity index (χ1) is 10.7. The van der Waals surface area contributed by atoms with Gasteiger partial charge in [0, 0.05) is 11.8 Å². The molecule has 0 aliphatic rings. The first-order valence-electron chi connectivity index (χ1n) is 7.50. The molecule has 0 spiro atoms. The monoisotopic (exact) mass is 285 g/mol. The first-order valence-corrected chi connectivity index (χ1v) is 7.50. The Bertz CT molecular complexity index is 798. The summed E-state index contributed by atoms with van der Waals surface area (Å²) < 4.78 is 0. The predicted octanol–water partition coefficient (Wildman–Crippen LogP) is 5.54. The summed E-state index contributed by atoms with van der Waals surface area (Å²) in [6, 6.07) is 21.0. The lowest BCUT2D eigenvalue weighted by Gasteiger charge is -2.08. The van der Waals surface area contributed by atoms with Gasteiger partial charge in [-0.15, -0.1) is 0 Å². The third-order valence-electron chi connectivity index (χ3n) is 3.76. The molecular formula is C21H19N. The second-order valence-corrected chi connectivity index (χ2v) is 5.50. The number of rotatable bonds is 3. The zero-order valence-corrected chi connectivity index (χ0v) is 13.0. The standard InChI is InChI=1S/C21H19N/c1-16-9-11-18(12-10-16)13-14-19-7-3-4-8-20(19)21-17(2)6-5-15-22-21/h3-15H,1-2H3/b14-13+.